The molecule has 186 valence electrons. The van der Waals surface area contributed by atoms with Crippen molar-refractivity contribution in [3.63, 3.8) is 0 Å². The van der Waals surface area contributed by atoms with Gasteiger partial charge in [0.1, 0.15) is 44.1 Å². The van der Waals surface area contributed by atoms with Gasteiger partial charge in [-0.3, -0.25) is 4.79 Å². The van der Waals surface area contributed by atoms with Gasteiger partial charge in [-0.25, -0.2) is 0 Å². The van der Waals surface area contributed by atoms with E-state index >= 15 is 0 Å². The second-order valence-corrected chi connectivity index (χ2v) is 7.67. The van der Waals surface area contributed by atoms with Crippen molar-refractivity contribution >= 4 is 17.3 Å². The highest BCUT2D eigenvalue weighted by Crippen LogP contribution is 2.23. The fraction of sp³-hybridized carbons (Fsp3) is 0.172. The number of carboxylic acid groups (broad SMARTS) is 1. The first-order chi connectivity index (χ1) is 17.6. The fourth-order valence-corrected chi connectivity index (χ4v) is 3.26. The number of benzene rings is 3. The van der Waals surface area contributed by atoms with Gasteiger partial charge in [-0.05, 0) is 35.4 Å². The Labute approximate surface area is 210 Å². The molecule has 0 atom stereocenters. The molecule has 0 saturated heterocycles. The molecule has 0 spiro atoms. The van der Waals surface area contributed by atoms with E-state index in [0.29, 0.717) is 36.0 Å². The number of carboxylic acids is 1. The summed E-state index contributed by atoms with van der Waals surface area (Å²) in [6.07, 6.45) is 2.91. The van der Waals surface area contributed by atoms with Crippen molar-refractivity contribution in [1.29, 1.82) is 0 Å². The molecule has 0 bridgehead atoms. The van der Waals surface area contributed by atoms with Crippen molar-refractivity contribution in [2.24, 2.45) is 5.16 Å². The average molecular weight is 488 g/mol. The van der Waals surface area contributed by atoms with Crippen LogP contribution in [-0.4, -0.2) is 37.1 Å². The van der Waals surface area contributed by atoms with E-state index in [-0.39, 0.29) is 13.0 Å². The van der Waals surface area contributed by atoms with Gasteiger partial charge >= 0.3 is 5.97 Å². The summed E-state index contributed by atoms with van der Waals surface area (Å²) < 4.78 is 17.1. The number of ether oxygens (including phenoxy) is 3. The standard InChI is InChI=1S/C29H29NO6/c1-3-17-34-20-25(18-29(31)32)23-11-15-27(16-12-23)35-19-22-9-13-26(14-10-22)36-21-28(30-33-2)24-7-5-4-6-8-24/h3-16,20H,1,17-19,21H2,2H3,(H,31,32). The van der Waals surface area contributed by atoms with Crippen molar-refractivity contribution in [1.82, 2.24) is 0 Å². The zero-order valence-electron chi connectivity index (χ0n) is 20.1. The van der Waals surface area contributed by atoms with Crippen LogP contribution in [0.15, 0.2) is 103 Å². The molecule has 0 amide bonds. The van der Waals surface area contributed by atoms with Crippen molar-refractivity contribution in [3.05, 3.63) is 114 Å². The largest absolute Gasteiger partial charge is 0.497 e. The first-order valence-corrected chi connectivity index (χ1v) is 11.3. The van der Waals surface area contributed by atoms with Crippen molar-refractivity contribution in [3.8, 4) is 11.5 Å². The molecule has 0 aromatic heterocycles. The normalized spacial score (nSPS) is 11.5. The smallest absolute Gasteiger partial charge is 0.307 e. The Morgan fingerprint density at radius 1 is 0.917 bits per heavy atom. The molecule has 3 aromatic carbocycles. The summed E-state index contributed by atoms with van der Waals surface area (Å²) in [5.74, 6) is 0.446. The van der Waals surface area contributed by atoms with Crippen LogP contribution in [0.4, 0.5) is 0 Å². The second-order valence-electron chi connectivity index (χ2n) is 7.67. The van der Waals surface area contributed by atoms with Gasteiger partial charge in [-0.1, -0.05) is 72.4 Å². The van der Waals surface area contributed by atoms with Crippen LogP contribution in [0.3, 0.4) is 0 Å². The predicted octanol–water partition coefficient (Wildman–Crippen LogP) is 5.71. The lowest BCUT2D eigenvalue weighted by atomic mass is 10.0. The maximum Gasteiger partial charge on any atom is 0.307 e. The molecule has 0 unspecified atom stereocenters. The number of aliphatic carboxylic acids is 1. The zero-order chi connectivity index (χ0) is 25.6. The van der Waals surface area contributed by atoms with Gasteiger partial charge in [0.25, 0.3) is 0 Å². The molecule has 0 aliphatic rings. The number of carbonyl (C=O) groups is 1. The van der Waals surface area contributed by atoms with E-state index in [4.69, 9.17) is 24.2 Å². The number of oxime groups is 1. The van der Waals surface area contributed by atoms with E-state index in [1.165, 1.54) is 13.4 Å². The van der Waals surface area contributed by atoms with Gasteiger partial charge < -0.3 is 24.2 Å². The summed E-state index contributed by atoms with van der Waals surface area (Å²) in [6.45, 7) is 4.54. The molecule has 0 saturated carbocycles. The highest BCUT2D eigenvalue weighted by Gasteiger charge is 2.09. The lowest BCUT2D eigenvalue weighted by Gasteiger charge is -2.11. The molecule has 0 aliphatic carbocycles. The van der Waals surface area contributed by atoms with Crippen molar-refractivity contribution in [2.45, 2.75) is 13.0 Å². The van der Waals surface area contributed by atoms with Crippen LogP contribution in [0.1, 0.15) is 23.1 Å². The maximum absolute atomic E-state index is 11.2. The van der Waals surface area contributed by atoms with Crippen LogP contribution >= 0.6 is 0 Å². The Morgan fingerprint density at radius 2 is 1.58 bits per heavy atom. The number of hydrogen-bond donors (Lipinski definition) is 1. The van der Waals surface area contributed by atoms with Crippen LogP contribution < -0.4 is 9.47 Å². The summed E-state index contributed by atoms with van der Waals surface area (Å²) in [5, 5.41) is 13.2. The van der Waals surface area contributed by atoms with Gasteiger partial charge in [0.15, 0.2) is 0 Å². The molecule has 0 fully saturated rings. The molecule has 3 rings (SSSR count). The fourth-order valence-electron chi connectivity index (χ4n) is 3.26. The molecule has 1 N–H and O–H groups in total. The SMILES string of the molecule is C=CCOC=C(CC(=O)O)c1ccc(OCc2ccc(OCC(=NOC)c3ccccc3)cc2)cc1. The molecular weight excluding hydrogens is 458 g/mol. The van der Waals surface area contributed by atoms with E-state index in [1.807, 2.05) is 66.7 Å². The molecule has 7 nitrogen and oxygen atoms in total. The lowest BCUT2D eigenvalue weighted by molar-refractivity contribution is -0.135. The van der Waals surface area contributed by atoms with Gasteiger partial charge in [-0.15, -0.1) is 0 Å². The van der Waals surface area contributed by atoms with E-state index in [9.17, 15) is 4.79 Å². The van der Waals surface area contributed by atoms with Crippen molar-refractivity contribution < 1.29 is 28.9 Å². The minimum absolute atomic E-state index is 0.143. The Kier molecular flexibility index (Phi) is 10.2. The molecule has 36 heavy (non-hydrogen) atoms. The molecular formula is C29H29NO6. The number of rotatable bonds is 14. The highest BCUT2D eigenvalue weighted by atomic mass is 16.6. The van der Waals surface area contributed by atoms with Crippen LogP contribution in [0.5, 0.6) is 11.5 Å². The van der Waals surface area contributed by atoms with Gasteiger partial charge in [0, 0.05) is 11.1 Å². The summed E-state index contributed by atoms with van der Waals surface area (Å²) in [4.78, 5) is 16.1. The van der Waals surface area contributed by atoms with Gasteiger partial charge in [-0.2, -0.15) is 0 Å². The molecule has 0 heterocycles. The first-order valence-electron chi connectivity index (χ1n) is 11.3. The lowest BCUT2D eigenvalue weighted by Crippen LogP contribution is -2.13. The molecule has 3 aromatic rings. The third-order valence-corrected chi connectivity index (χ3v) is 5.02. The quantitative estimate of drug-likeness (QED) is 0.103. The third kappa shape index (κ3) is 8.36. The Hall–Kier alpha value is -4.52. The maximum atomic E-state index is 11.2. The second kappa shape index (κ2) is 14.0. The topological polar surface area (TPSA) is 86.6 Å². The summed E-state index contributed by atoms with van der Waals surface area (Å²) in [5.41, 5.74) is 3.93. The Morgan fingerprint density at radius 3 is 2.22 bits per heavy atom. The van der Waals surface area contributed by atoms with E-state index in [0.717, 1.165) is 16.7 Å². The molecule has 0 radical (unpaired) electrons. The van der Waals surface area contributed by atoms with E-state index in [1.54, 1.807) is 18.2 Å². The Bertz CT molecular complexity index is 1170. The van der Waals surface area contributed by atoms with E-state index in [2.05, 4.69) is 11.7 Å². The zero-order valence-corrected chi connectivity index (χ0v) is 20.1. The predicted molar refractivity (Wildman–Crippen MR) is 139 cm³/mol. The highest BCUT2D eigenvalue weighted by molar-refractivity contribution is 6.01. The minimum Gasteiger partial charge on any atom is -0.497 e. The number of hydrogen-bond acceptors (Lipinski definition) is 6. The van der Waals surface area contributed by atoms with Crippen LogP contribution in [0.25, 0.3) is 5.57 Å². The molecule has 7 heteroatoms. The minimum atomic E-state index is -0.932. The summed E-state index contributed by atoms with van der Waals surface area (Å²) in [6, 6.07) is 24.6. The monoisotopic (exact) mass is 487 g/mol. The summed E-state index contributed by atoms with van der Waals surface area (Å²) in [7, 11) is 1.51. The van der Waals surface area contributed by atoms with Gasteiger partial charge in [0.05, 0.1) is 12.7 Å². The number of nitrogens with zero attached hydrogens (tertiary/aromatic N) is 1. The average Bonchev–Trinajstić information content (AvgIpc) is 2.90. The molecule has 0 aliphatic heterocycles. The van der Waals surface area contributed by atoms with Crippen LogP contribution in [0.2, 0.25) is 0 Å². The Balaban J connectivity index is 1.54. The van der Waals surface area contributed by atoms with Crippen LogP contribution in [-0.2, 0) is 21.0 Å². The van der Waals surface area contributed by atoms with E-state index < -0.39 is 5.97 Å². The van der Waals surface area contributed by atoms with Gasteiger partial charge in [0.2, 0.25) is 0 Å². The summed E-state index contributed by atoms with van der Waals surface area (Å²) >= 11 is 0. The first kappa shape index (κ1) is 26.1. The third-order valence-electron chi connectivity index (χ3n) is 5.02. The van der Waals surface area contributed by atoms with Crippen LogP contribution in [0, 0.1) is 0 Å². The van der Waals surface area contributed by atoms with Crippen molar-refractivity contribution in [2.75, 3.05) is 20.3 Å².